The largest absolute Gasteiger partial charge is 0.458 e. The minimum absolute atomic E-state index is 0.153. The van der Waals surface area contributed by atoms with E-state index < -0.39 is 71.4 Å². The zero-order valence-electron chi connectivity index (χ0n) is 19.1. The third-order valence-electron chi connectivity index (χ3n) is 5.91. The maximum absolute atomic E-state index is 13.0. The molecule has 2 amide bonds. The van der Waals surface area contributed by atoms with Gasteiger partial charge in [-0.1, -0.05) is 0 Å². The number of hydrogen-bond donors (Lipinski definition) is 2. The van der Waals surface area contributed by atoms with Gasteiger partial charge in [0.1, 0.15) is 11.6 Å². The normalized spacial score (nSPS) is 36.2. The molecule has 13 heteroatoms. The van der Waals surface area contributed by atoms with Gasteiger partial charge in [0, 0.05) is 41.2 Å². The molecule has 13 nitrogen and oxygen atoms in total. The standard InChI is InChI=1S/C20H27N3O10/c1-8(24)21-18(22-9(2)25)23-20-7-12(30-10(3)26)19(5,33-11(4)27)14-13(20)17(29-6)32-15(20)16(28)31-14/h12-15,17H,7H2,1-6H3,(H2,21,22,23,24,25)/t12-,13+,14+,15+,17-,19+,20-/m0/s1. The first-order valence-electron chi connectivity index (χ1n) is 10.2. The number of hydrogen-bond acceptors (Lipinski definition) is 11. The second-order valence-corrected chi connectivity index (χ2v) is 8.40. The van der Waals surface area contributed by atoms with Crippen LogP contribution in [-0.2, 0) is 47.7 Å². The number of amides is 2. The number of methoxy groups -OCH3 is 1. The summed E-state index contributed by atoms with van der Waals surface area (Å²) in [6.45, 7) is 6.28. The highest BCUT2D eigenvalue weighted by Crippen LogP contribution is 2.57. The minimum Gasteiger partial charge on any atom is -0.458 e. The molecule has 0 spiro atoms. The highest BCUT2D eigenvalue weighted by atomic mass is 16.7. The van der Waals surface area contributed by atoms with Gasteiger partial charge in [0.05, 0.1) is 5.92 Å². The fourth-order valence-corrected chi connectivity index (χ4v) is 4.87. The number of nitrogens with zero attached hydrogens (tertiary/aromatic N) is 1. The van der Waals surface area contributed by atoms with Gasteiger partial charge in [-0.25, -0.2) is 9.79 Å². The molecule has 4 bridgehead atoms. The van der Waals surface area contributed by atoms with Crippen molar-refractivity contribution in [3.8, 4) is 0 Å². The molecule has 182 valence electrons. The van der Waals surface area contributed by atoms with Gasteiger partial charge >= 0.3 is 17.9 Å². The van der Waals surface area contributed by atoms with Crippen LogP contribution in [0.15, 0.2) is 4.99 Å². The van der Waals surface area contributed by atoms with Crippen molar-refractivity contribution in [2.24, 2.45) is 10.9 Å². The van der Waals surface area contributed by atoms with Gasteiger partial charge in [-0.2, -0.15) is 0 Å². The SMILES string of the molecule is CO[C@H]1O[C@@H]2C(=O)O[C@@H]3[C@H]1[C@@]2(N=C(NC(C)=O)NC(C)=O)C[C@H](OC(C)=O)[C@@]3(C)OC(C)=O. The highest BCUT2D eigenvalue weighted by Gasteiger charge is 2.76. The van der Waals surface area contributed by atoms with Crippen LogP contribution in [0.1, 0.15) is 41.0 Å². The average molecular weight is 469 g/mol. The molecule has 0 radical (unpaired) electrons. The number of guanidine groups is 1. The Morgan fingerprint density at radius 1 is 1.06 bits per heavy atom. The van der Waals surface area contributed by atoms with Gasteiger partial charge in [-0.05, 0) is 6.92 Å². The Bertz CT molecular complexity index is 902. The molecule has 3 aliphatic rings. The predicted molar refractivity (Wildman–Crippen MR) is 107 cm³/mol. The van der Waals surface area contributed by atoms with E-state index in [9.17, 15) is 24.0 Å². The van der Waals surface area contributed by atoms with Crippen molar-refractivity contribution in [2.75, 3.05) is 7.11 Å². The van der Waals surface area contributed by atoms with E-state index in [1.165, 1.54) is 41.7 Å². The lowest BCUT2D eigenvalue weighted by Gasteiger charge is -2.55. The quantitative estimate of drug-likeness (QED) is 0.224. The molecule has 3 rings (SSSR count). The number of rotatable bonds is 4. The van der Waals surface area contributed by atoms with Gasteiger partial charge in [0.15, 0.2) is 24.1 Å². The van der Waals surface area contributed by atoms with Crippen molar-refractivity contribution in [2.45, 2.75) is 76.8 Å². The second kappa shape index (κ2) is 8.71. The first-order chi connectivity index (χ1) is 15.3. The molecule has 2 aliphatic heterocycles. The molecule has 2 saturated heterocycles. The van der Waals surface area contributed by atoms with Crippen LogP contribution in [-0.4, -0.2) is 78.5 Å². The molecule has 0 aromatic heterocycles. The van der Waals surface area contributed by atoms with Gasteiger partial charge in [0.2, 0.25) is 17.8 Å². The lowest BCUT2D eigenvalue weighted by Crippen LogP contribution is -2.73. The molecule has 7 atom stereocenters. The number of carbonyl (C=O) groups excluding carboxylic acids is 5. The van der Waals surface area contributed by atoms with Crippen molar-refractivity contribution in [1.29, 1.82) is 0 Å². The monoisotopic (exact) mass is 469 g/mol. The number of esters is 3. The molecule has 1 aliphatic carbocycles. The zero-order chi connectivity index (χ0) is 24.7. The number of carbonyl (C=O) groups is 5. The molecular weight excluding hydrogens is 442 g/mol. The topological polar surface area (TPSA) is 168 Å². The summed E-state index contributed by atoms with van der Waals surface area (Å²) in [4.78, 5) is 64.9. The third-order valence-corrected chi connectivity index (χ3v) is 5.91. The summed E-state index contributed by atoms with van der Waals surface area (Å²) in [5.74, 6) is -4.26. The van der Waals surface area contributed by atoms with E-state index in [-0.39, 0.29) is 12.4 Å². The fourth-order valence-electron chi connectivity index (χ4n) is 4.87. The van der Waals surface area contributed by atoms with Gasteiger partial charge in [0.25, 0.3) is 0 Å². The summed E-state index contributed by atoms with van der Waals surface area (Å²) in [7, 11) is 1.36. The summed E-state index contributed by atoms with van der Waals surface area (Å²) in [5, 5.41) is 4.84. The van der Waals surface area contributed by atoms with Crippen LogP contribution < -0.4 is 10.6 Å². The summed E-state index contributed by atoms with van der Waals surface area (Å²) < 4.78 is 27.9. The molecule has 33 heavy (non-hydrogen) atoms. The number of ether oxygens (including phenoxy) is 5. The van der Waals surface area contributed by atoms with Crippen LogP contribution in [0.2, 0.25) is 0 Å². The molecule has 2 heterocycles. The maximum atomic E-state index is 13.0. The summed E-state index contributed by atoms with van der Waals surface area (Å²) in [6.07, 6.45) is -4.76. The lowest BCUT2D eigenvalue weighted by atomic mass is 9.61. The summed E-state index contributed by atoms with van der Waals surface area (Å²) >= 11 is 0. The number of aliphatic imine (C=N–C) groups is 1. The lowest BCUT2D eigenvalue weighted by molar-refractivity contribution is -0.251. The van der Waals surface area contributed by atoms with Crippen molar-refractivity contribution >= 4 is 35.7 Å². The minimum atomic E-state index is -1.59. The molecule has 1 saturated carbocycles. The van der Waals surface area contributed by atoms with Crippen LogP contribution >= 0.6 is 0 Å². The van der Waals surface area contributed by atoms with E-state index in [0.717, 1.165) is 0 Å². The van der Waals surface area contributed by atoms with Gasteiger partial charge in [-0.3, -0.25) is 29.8 Å². The van der Waals surface area contributed by atoms with Crippen molar-refractivity contribution in [3.05, 3.63) is 0 Å². The zero-order valence-corrected chi connectivity index (χ0v) is 19.1. The van der Waals surface area contributed by atoms with E-state index in [2.05, 4.69) is 15.6 Å². The fraction of sp³-hybridized carbons (Fsp3) is 0.700. The molecule has 0 aromatic rings. The van der Waals surface area contributed by atoms with E-state index in [0.29, 0.717) is 0 Å². The van der Waals surface area contributed by atoms with Crippen LogP contribution in [0.5, 0.6) is 0 Å². The maximum Gasteiger partial charge on any atom is 0.338 e. The second-order valence-electron chi connectivity index (χ2n) is 8.40. The Labute approximate surface area is 189 Å². The van der Waals surface area contributed by atoms with E-state index in [1.54, 1.807) is 0 Å². The van der Waals surface area contributed by atoms with E-state index >= 15 is 0 Å². The Morgan fingerprint density at radius 3 is 2.15 bits per heavy atom. The molecule has 3 fully saturated rings. The van der Waals surface area contributed by atoms with Gasteiger partial charge in [-0.15, -0.1) is 0 Å². The Morgan fingerprint density at radius 2 is 1.67 bits per heavy atom. The van der Waals surface area contributed by atoms with Crippen LogP contribution in [0.25, 0.3) is 0 Å². The molecular formula is C20H27N3O10. The Balaban J connectivity index is 2.22. The first kappa shape index (κ1) is 24.6. The van der Waals surface area contributed by atoms with E-state index in [1.807, 2.05) is 0 Å². The van der Waals surface area contributed by atoms with Crippen molar-refractivity contribution < 1.29 is 47.7 Å². The summed E-state index contributed by atoms with van der Waals surface area (Å²) in [5.41, 5.74) is -3.07. The Kier molecular flexibility index (Phi) is 6.48. The van der Waals surface area contributed by atoms with Gasteiger partial charge < -0.3 is 23.7 Å². The molecule has 0 aromatic carbocycles. The third kappa shape index (κ3) is 4.29. The predicted octanol–water partition coefficient (Wildman–Crippen LogP) is -1.08. The van der Waals surface area contributed by atoms with Crippen LogP contribution in [0.3, 0.4) is 0 Å². The molecule has 0 unspecified atom stereocenters. The highest BCUT2D eigenvalue weighted by molar-refractivity contribution is 6.03. The smallest absolute Gasteiger partial charge is 0.338 e. The van der Waals surface area contributed by atoms with Crippen molar-refractivity contribution in [3.63, 3.8) is 0 Å². The average Bonchev–Trinajstić information content (AvgIpc) is 2.86. The van der Waals surface area contributed by atoms with Crippen molar-refractivity contribution in [1.82, 2.24) is 10.6 Å². The van der Waals surface area contributed by atoms with Crippen LogP contribution in [0, 0.1) is 5.92 Å². The Hall–Kier alpha value is -3.06. The van der Waals surface area contributed by atoms with E-state index in [4.69, 9.17) is 23.7 Å². The first-order valence-corrected chi connectivity index (χ1v) is 10.2. The summed E-state index contributed by atoms with van der Waals surface area (Å²) in [6, 6.07) is 0. The molecule has 2 N–H and O–H groups in total. The number of nitrogens with one attached hydrogen (secondary N) is 2. The van der Waals surface area contributed by atoms with Crippen LogP contribution in [0.4, 0.5) is 0 Å².